The summed E-state index contributed by atoms with van der Waals surface area (Å²) in [5.74, 6) is -0.240. The molecule has 2 rings (SSSR count). The van der Waals surface area contributed by atoms with Gasteiger partial charge in [0.05, 0.1) is 36.6 Å². The number of carbonyl (C=O) groups excluding carboxylic acids is 2. The summed E-state index contributed by atoms with van der Waals surface area (Å²) in [5.41, 5.74) is 2.39. The minimum atomic E-state index is -0.149. The van der Waals surface area contributed by atoms with Crippen LogP contribution in [0.1, 0.15) is 24.2 Å². The van der Waals surface area contributed by atoms with Gasteiger partial charge in [0, 0.05) is 0 Å². The number of ether oxygens (including phenoxy) is 1. The number of aromatic nitrogens is 2. The van der Waals surface area contributed by atoms with E-state index in [1.54, 1.807) is 0 Å². The molecule has 1 saturated heterocycles. The van der Waals surface area contributed by atoms with E-state index in [4.69, 9.17) is 4.74 Å². The third kappa shape index (κ3) is 3.81. The van der Waals surface area contributed by atoms with Gasteiger partial charge in [-0.05, 0) is 39.8 Å². The Kier molecular flexibility index (Phi) is 4.95. The number of nitrogens with one attached hydrogen (secondary N) is 2. The molecule has 0 spiro atoms. The Labute approximate surface area is 124 Å². The minimum Gasteiger partial charge on any atom is -0.469 e. The van der Waals surface area contributed by atoms with Crippen LogP contribution in [0.4, 0.5) is 5.69 Å². The van der Waals surface area contributed by atoms with E-state index < -0.39 is 0 Å². The molecule has 0 radical (unpaired) electrons. The number of likely N-dealkylation sites (tertiary alicyclic amines) is 1. The summed E-state index contributed by atoms with van der Waals surface area (Å²) < 4.78 is 4.76. The summed E-state index contributed by atoms with van der Waals surface area (Å²) in [7, 11) is 1.41. The van der Waals surface area contributed by atoms with Crippen molar-refractivity contribution in [2.24, 2.45) is 5.92 Å². The number of amides is 1. The predicted octanol–water partition coefficient (Wildman–Crippen LogP) is 0.850. The lowest BCUT2D eigenvalue weighted by molar-refractivity contribution is -0.147. The third-order valence-electron chi connectivity index (χ3n) is 3.88. The van der Waals surface area contributed by atoms with E-state index in [1.165, 1.54) is 7.11 Å². The molecule has 0 atom stereocenters. The van der Waals surface area contributed by atoms with E-state index in [9.17, 15) is 9.59 Å². The molecule has 2 N–H and O–H groups in total. The maximum atomic E-state index is 12.1. The first kappa shape index (κ1) is 15.5. The van der Waals surface area contributed by atoms with Crippen LogP contribution < -0.4 is 5.32 Å². The fraction of sp³-hybridized carbons (Fsp3) is 0.643. The van der Waals surface area contributed by atoms with Crippen LogP contribution in [0.25, 0.3) is 0 Å². The van der Waals surface area contributed by atoms with Crippen molar-refractivity contribution in [2.45, 2.75) is 26.7 Å². The molecule has 1 amide bonds. The van der Waals surface area contributed by atoms with E-state index in [0.717, 1.165) is 43.0 Å². The number of H-pyrrole nitrogens is 1. The lowest BCUT2D eigenvalue weighted by atomic mass is 9.97. The van der Waals surface area contributed by atoms with Crippen LogP contribution in [0, 0.1) is 19.8 Å². The number of hydrogen-bond donors (Lipinski definition) is 2. The fourth-order valence-electron chi connectivity index (χ4n) is 2.61. The molecule has 1 aromatic heterocycles. The second-order valence-corrected chi connectivity index (χ2v) is 5.43. The quantitative estimate of drug-likeness (QED) is 0.804. The van der Waals surface area contributed by atoms with Gasteiger partial charge in [0.1, 0.15) is 0 Å². The van der Waals surface area contributed by atoms with Crippen molar-refractivity contribution < 1.29 is 14.3 Å². The highest BCUT2D eigenvalue weighted by Gasteiger charge is 2.26. The van der Waals surface area contributed by atoms with Gasteiger partial charge in [-0.15, -0.1) is 0 Å². The Hall–Kier alpha value is -1.89. The van der Waals surface area contributed by atoms with Gasteiger partial charge in [-0.1, -0.05) is 0 Å². The van der Waals surface area contributed by atoms with Gasteiger partial charge in [-0.3, -0.25) is 19.6 Å². The molecule has 2 heterocycles. The largest absolute Gasteiger partial charge is 0.469 e. The molecule has 116 valence electrons. The van der Waals surface area contributed by atoms with Gasteiger partial charge in [-0.2, -0.15) is 5.10 Å². The van der Waals surface area contributed by atoms with Crippen molar-refractivity contribution in [3.05, 3.63) is 11.4 Å². The van der Waals surface area contributed by atoms with Crippen LogP contribution in [0.3, 0.4) is 0 Å². The number of nitrogens with zero attached hydrogens (tertiary/aromatic N) is 2. The topological polar surface area (TPSA) is 87.3 Å². The maximum Gasteiger partial charge on any atom is 0.308 e. The highest BCUT2D eigenvalue weighted by Crippen LogP contribution is 2.19. The molecule has 7 nitrogen and oxygen atoms in total. The normalized spacial score (nSPS) is 16.7. The van der Waals surface area contributed by atoms with E-state index in [0.29, 0.717) is 6.54 Å². The Balaban J connectivity index is 1.81. The molecule has 1 aliphatic rings. The van der Waals surface area contributed by atoms with Crippen LogP contribution in [-0.4, -0.2) is 53.7 Å². The van der Waals surface area contributed by atoms with Gasteiger partial charge in [0.25, 0.3) is 0 Å². The maximum absolute atomic E-state index is 12.1. The van der Waals surface area contributed by atoms with Crippen molar-refractivity contribution in [2.75, 3.05) is 32.1 Å². The number of hydrogen-bond acceptors (Lipinski definition) is 5. The summed E-state index contributed by atoms with van der Waals surface area (Å²) in [6, 6.07) is 0. The lowest BCUT2D eigenvalue weighted by Crippen LogP contribution is -2.41. The number of rotatable bonds is 4. The van der Waals surface area contributed by atoms with E-state index in [-0.39, 0.29) is 17.8 Å². The van der Waals surface area contributed by atoms with Crippen molar-refractivity contribution >= 4 is 17.6 Å². The molecule has 1 aromatic rings. The smallest absolute Gasteiger partial charge is 0.308 e. The van der Waals surface area contributed by atoms with Crippen LogP contribution in [0.2, 0.25) is 0 Å². The Morgan fingerprint density at radius 2 is 2.05 bits per heavy atom. The second kappa shape index (κ2) is 6.71. The lowest BCUT2D eigenvalue weighted by Gasteiger charge is -2.29. The summed E-state index contributed by atoms with van der Waals surface area (Å²) in [5, 5.41) is 9.78. The Morgan fingerprint density at radius 1 is 1.38 bits per heavy atom. The molecule has 1 fully saturated rings. The molecule has 0 bridgehead atoms. The zero-order valence-electron chi connectivity index (χ0n) is 12.7. The summed E-state index contributed by atoms with van der Waals surface area (Å²) in [4.78, 5) is 25.6. The Morgan fingerprint density at radius 3 is 2.57 bits per heavy atom. The molecule has 0 saturated carbocycles. The summed E-state index contributed by atoms with van der Waals surface area (Å²) in [6.07, 6.45) is 1.48. The van der Waals surface area contributed by atoms with Crippen LogP contribution in [0.15, 0.2) is 0 Å². The summed E-state index contributed by atoms with van der Waals surface area (Å²) >= 11 is 0. The first-order chi connectivity index (χ1) is 10.0. The Bertz CT molecular complexity index is 499. The van der Waals surface area contributed by atoms with Gasteiger partial charge >= 0.3 is 5.97 Å². The van der Waals surface area contributed by atoms with Crippen molar-refractivity contribution in [3.8, 4) is 0 Å². The number of anilines is 1. The molecule has 7 heteroatoms. The highest BCUT2D eigenvalue weighted by molar-refractivity contribution is 5.93. The standard InChI is InChI=1S/C14H22N4O3/c1-9-13(10(2)17-16-9)15-12(19)8-18-6-4-11(5-7-18)14(20)21-3/h11H,4-8H2,1-3H3,(H,15,19)(H,16,17). The van der Waals surface area contributed by atoms with E-state index >= 15 is 0 Å². The zero-order chi connectivity index (χ0) is 15.4. The number of piperidine rings is 1. The fourth-order valence-corrected chi connectivity index (χ4v) is 2.61. The van der Waals surface area contributed by atoms with E-state index in [1.807, 2.05) is 13.8 Å². The van der Waals surface area contributed by atoms with Crippen molar-refractivity contribution in [3.63, 3.8) is 0 Å². The molecule has 21 heavy (non-hydrogen) atoms. The third-order valence-corrected chi connectivity index (χ3v) is 3.88. The second-order valence-electron chi connectivity index (χ2n) is 5.43. The van der Waals surface area contributed by atoms with Crippen LogP contribution in [0.5, 0.6) is 0 Å². The molecule has 0 aromatic carbocycles. The minimum absolute atomic E-state index is 0.0346. The number of aromatic amines is 1. The zero-order valence-corrected chi connectivity index (χ0v) is 12.7. The van der Waals surface area contributed by atoms with Gasteiger partial charge < -0.3 is 10.1 Å². The number of methoxy groups -OCH3 is 1. The number of carbonyl (C=O) groups is 2. The van der Waals surface area contributed by atoms with Gasteiger partial charge in [0.2, 0.25) is 5.91 Å². The average molecular weight is 294 g/mol. The molecular weight excluding hydrogens is 272 g/mol. The average Bonchev–Trinajstić information content (AvgIpc) is 2.79. The number of esters is 1. The molecule has 0 aliphatic carbocycles. The molecule has 1 aliphatic heterocycles. The van der Waals surface area contributed by atoms with Gasteiger partial charge in [0.15, 0.2) is 0 Å². The monoisotopic (exact) mass is 294 g/mol. The highest BCUT2D eigenvalue weighted by atomic mass is 16.5. The van der Waals surface area contributed by atoms with Crippen molar-refractivity contribution in [1.82, 2.24) is 15.1 Å². The number of aryl methyl sites for hydroxylation is 2. The van der Waals surface area contributed by atoms with E-state index in [2.05, 4.69) is 20.4 Å². The SMILES string of the molecule is COC(=O)C1CCN(CC(=O)Nc2c(C)n[nH]c2C)CC1. The predicted molar refractivity (Wildman–Crippen MR) is 77.9 cm³/mol. The molecule has 0 unspecified atom stereocenters. The summed E-state index contributed by atoms with van der Waals surface area (Å²) in [6.45, 7) is 5.52. The van der Waals surface area contributed by atoms with Crippen molar-refractivity contribution in [1.29, 1.82) is 0 Å². The first-order valence-electron chi connectivity index (χ1n) is 7.13. The van der Waals surface area contributed by atoms with Gasteiger partial charge in [-0.25, -0.2) is 0 Å². The van der Waals surface area contributed by atoms with Crippen LogP contribution in [-0.2, 0) is 14.3 Å². The first-order valence-corrected chi connectivity index (χ1v) is 7.13. The van der Waals surface area contributed by atoms with Crippen LogP contribution >= 0.6 is 0 Å². The molecular formula is C14H22N4O3.